The van der Waals surface area contributed by atoms with E-state index in [2.05, 4.69) is 22.0 Å². The summed E-state index contributed by atoms with van der Waals surface area (Å²) in [5, 5.41) is 0.678. The van der Waals surface area contributed by atoms with Crippen LogP contribution in [0.3, 0.4) is 0 Å². The van der Waals surface area contributed by atoms with E-state index in [1.54, 1.807) is 6.07 Å². The number of aromatic amines is 1. The fourth-order valence-corrected chi connectivity index (χ4v) is 3.86. The van der Waals surface area contributed by atoms with Crippen molar-refractivity contribution in [2.75, 3.05) is 20.2 Å². The molecule has 5 rings (SSSR count). The van der Waals surface area contributed by atoms with Gasteiger partial charge in [0, 0.05) is 36.2 Å². The maximum absolute atomic E-state index is 14.5. The summed E-state index contributed by atoms with van der Waals surface area (Å²) in [6.07, 6.45) is 10.1. The lowest BCUT2D eigenvalue weighted by atomic mass is 9.86. The van der Waals surface area contributed by atoms with Crippen molar-refractivity contribution in [3.63, 3.8) is 0 Å². The van der Waals surface area contributed by atoms with Gasteiger partial charge in [0.1, 0.15) is 0 Å². The van der Waals surface area contributed by atoms with E-state index in [-0.39, 0.29) is 5.82 Å². The second-order valence-corrected chi connectivity index (χ2v) is 6.35. The van der Waals surface area contributed by atoms with Gasteiger partial charge >= 0.3 is 0 Å². The molecule has 1 saturated heterocycles. The third-order valence-electron chi connectivity index (χ3n) is 5.09. The lowest BCUT2D eigenvalue weighted by molar-refractivity contribution is 0.139. The highest BCUT2D eigenvalue weighted by Gasteiger charge is 2.29. The van der Waals surface area contributed by atoms with Gasteiger partial charge in [-0.2, -0.15) is 0 Å². The number of benzene rings is 1. The Balaban J connectivity index is 1.56. The highest BCUT2D eigenvalue weighted by molar-refractivity contribution is 5.85. The van der Waals surface area contributed by atoms with Crippen LogP contribution in [0.25, 0.3) is 10.9 Å². The zero-order valence-corrected chi connectivity index (χ0v) is 12.8. The summed E-state index contributed by atoms with van der Waals surface area (Å²) < 4.78 is 19.6. The van der Waals surface area contributed by atoms with Crippen LogP contribution in [-0.4, -0.2) is 36.1 Å². The third-order valence-corrected chi connectivity index (χ3v) is 5.09. The lowest BCUT2D eigenvalue weighted by Crippen LogP contribution is -2.45. The Kier molecular flexibility index (Phi) is 3.41. The van der Waals surface area contributed by atoms with Crippen LogP contribution in [0.5, 0.6) is 5.75 Å². The molecule has 1 fully saturated rings. The Morgan fingerprint density at radius 2 is 2.23 bits per heavy atom. The second kappa shape index (κ2) is 5.43. The number of H-pyrrole nitrogens is 1. The minimum Gasteiger partial charge on any atom is -0.494 e. The van der Waals surface area contributed by atoms with Gasteiger partial charge in [-0.25, -0.2) is 4.39 Å². The highest BCUT2D eigenvalue weighted by atomic mass is 19.1. The molecule has 0 radical (unpaired) electrons. The predicted molar refractivity (Wildman–Crippen MR) is 85.7 cm³/mol. The maximum atomic E-state index is 14.5. The minimum atomic E-state index is -0.253. The zero-order valence-electron chi connectivity index (χ0n) is 12.8. The SMILES string of the molecule is COc1ccc2[nH]cc(CCN3CC4C=CC3CC4)c2c1F. The molecule has 0 spiro atoms. The summed E-state index contributed by atoms with van der Waals surface area (Å²) in [4.78, 5) is 5.71. The molecule has 1 aliphatic carbocycles. The number of methoxy groups -OCH3 is 1. The standard InChI is InChI=1S/C18H21FN2O/c1-22-16-7-6-15-17(18(16)19)13(10-20-15)8-9-21-11-12-2-4-14(21)5-3-12/h2,4,6-7,10,12,14,20H,3,5,8-9,11H2,1H3. The van der Waals surface area contributed by atoms with Crippen molar-refractivity contribution in [2.24, 2.45) is 5.92 Å². The first-order valence-corrected chi connectivity index (χ1v) is 8.01. The molecule has 2 aromatic rings. The average molecular weight is 300 g/mol. The van der Waals surface area contributed by atoms with Crippen LogP contribution < -0.4 is 4.74 Å². The van der Waals surface area contributed by atoms with E-state index in [4.69, 9.17) is 4.74 Å². The molecule has 1 aromatic carbocycles. The van der Waals surface area contributed by atoms with E-state index >= 15 is 0 Å². The number of rotatable bonds is 4. The van der Waals surface area contributed by atoms with Crippen LogP contribution in [0.4, 0.5) is 4.39 Å². The van der Waals surface area contributed by atoms with Gasteiger partial charge in [-0.3, -0.25) is 4.90 Å². The molecular formula is C18H21FN2O. The molecule has 2 atom stereocenters. The number of piperidine rings is 1. The summed E-state index contributed by atoms with van der Waals surface area (Å²) in [5.74, 6) is 0.773. The first-order valence-electron chi connectivity index (χ1n) is 8.01. The number of nitrogens with zero attached hydrogens (tertiary/aromatic N) is 1. The second-order valence-electron chi connectivity index (χ2n) is 6.35. The summed E-state index contributed by atoms with van der Waals surface area (Å²) in [7, 11) is 1.51. The van der Waals surface area contributed by atoms with Crippen molar-refractivity contribution in [3.05, 3.63) is 41.9 Å². The summed E-state index contributed by atoms with van der Waals surface area (Å²) in [6, 6.07) is 4.13. The highest BCUT2D eigenvalue weighted by Crippen LogP contribution is 2.31. The number of aromatic nitrogens is 1. The van der Waals surface area contributed by atoms with Crippen LogP contribution in [0.15, 0.2) is 30.5 Å². The van der Waals surface area contributed by atoms with Gasteiger partial charge in [0.25, 0.3) is 0 Å². The summed E-state index contributed by atoms with van der Waals surface area (Å²) >= 11 is 0. The van der Waals surface area contributed by atoms with Gasteiger partial charge in [0.15, 0.2) is 11.6 Å². The minimum absolute atomic E-state index is 0.253. The predicted octanol–water partition coefficient (Wildman–Crippen LogP) is 3.51. The van der Waals surface area contributed by atoms with Crippen molar-refractivity contribution in [2.45, 2.75) is 25.3 Å². The van der Waals surface area contributed by atoms with Gasteiger partial charge in [-0.15, -0.1) is 0 Å². The van der Waals surface area contributed by atoms with Crippen molar-refractivity contribution >= 4 is 10.9 Å². The van der Waals surface area contributed by atoms with Crippen LogP contribution in [0, 0.1) is 11.7 Å². The topological polar surface area (TPSA) is 28.3 Å². The van der Waals surface area contributed by atoms with Gasteiger partial charge in [0.2, 0.25) is 0 Å². The number of hydrogen-bond donors (Lipinski definition) is 1. The van der Waals surface area contributed by atoms with Crippen LogP contribution in [0.1, 0.15) is 18.4 Å². The Morgan fingerprint density at radius 3 is 2.91 bits per heavy atom. The smallest absolute Gasteiger partial charge is 0.174 e. The number of ether oxygens (including phenoxy) is 1. The molecule has 3 nitrogen and oxygen atoms in total. The zero-order chi connectivity index (χ0) is 15.1. The quantitative estimate of drug-likeness (QED) is 0.875. The van der Waals surface area contributed by atoms with Gasteiger partial charge < -0.3 is 9.72 Å². The Bertz CT molecular complexity index is 721. The number of hydrogen-bond acceptors (Lipinski definition) is 2. The van der Waals surface area contributed by atoms with E-state index in [1.807, 2.05) is 12.3 Å². The molecule has 2 aliphatic heterocycles. The van der Waals surface area contributed by atoms with Gasteiger partial charge in [0.05, 0.1) is 7.11 Å². The number of nitrogens with one attached hydrogen (secondary N) is 1. The molecule has 2 bridgehead atoms. The first kappa shape index (κ1) is 13.8. The number of fused-ring (bicyclic) bond motifs is 3. The Morgan fingerprint density at radius 1 is 1.32 bits per heavy atom. The Labute approximate surface area is 129 Å². The molecule has 4 heteroatoms. The van der Waals surface area contributed by atoms with E-state index in [1.165, 1.54) is 20.0 Å². The van der Waals surface area contributed by atoms with Crippen molar-refractivity contribution in [1.82, 2.24) is 9.88 Å². The molecule has 3 aliphatic rings. The third kappa shape index (κ3) is 2.22. The Hall–Kier alpha value is -1.81. The molecule has 3 heterocycles. The molecule has 1 N–H and O–H groups in total. The fraction of sp³-hybridized carbons (Fsp3) is 0.444. The molecule has 0 amide bonds. The van der Waals surface area contributed by atoms with Crippen LogP contribution >= 0.6 is 0 Å². The first-order chi connectivity index (χ1) is 10.8. The maximum Gasteiger partial charge on any atom is 0.174 e. The van der Waals surface area contributed by atoms with E-state index in [0.717, 1.165) is 30.6 Å². The van der Waals surface area contributed by atoms with Gasteiger partial charge in [-0.05, 0) is 42.9 Å². The van der Waals surface area contributed by atoms with E-state index in [0.29, 0.717) is 23.1 Å². The van der Waals surface area contributed by atoms with E-state index < -0.39 is 0 Å². The van der Waals surface area contributed by atoms with Crippen molar-refractivity contribution in [1.29, 1.82) is 0 Å². The summed E-state index contributed by atoms with van der Waals surface area (Å²) in [6.45, 7) is 2.13. The fourth-order valence-electron chi connectivity index (χ4n) is 3.86. The monoisotopic (exact) mass is 300 g/mol. The molecule has 0 saturated carbocycles. The van der Waals surface area contributed by atoms with E-state index in [9.17, 15) is 4.39 Å². The number of halogens is 1. The van der Waals surface area contributed by atoms with Crippen LogP contribution in [0.2, 0.25) is 0 Å². The summed E-state index contributed by atoms with van der Waals surface area (Å²) in [5.41, 5.74) is 1.88. The van der Waals surface area contributed by atoms with Crippen molar-refractivity contribution < 1.29 is 9.13 Å². The van der Waals surface area contributed by atoms with Crippen molar-refractivity contribution in [3.8, 4) is 5.75 Å². The molecule has 2 unspecified atom stereocenters. The lowest BCUT2D eigenvalue weighted by Gasteiger charge is -2.41. The normalized spacial score (nSPS) is 24.3. The molecule has 116 valence electrons. The van der Waals surface area contributed by atoms with Gasteiger partial charge in [-0.1, -0.05) is 12.2 Å². The molecule has 22 heavy (non-hydrogen) atoms. The molecule has 1 aromatic heterocycles. The molecular weight excluding hydrogens is 279 g/mol. The van der Waals surface area contributed by atoms with Crippen LogP contribution in [-0.2, 0) is 6.42 Å². The largest absolute Gasteiger partial charge is 0.494 e. The average Bonchev–Trinajstić information content (AvgIpc) is 2.98.